The highest BCUT2D eigenvalue weighted by molar-refractivity contribution is 9.11. The van der Waals surface area contributed by atoms with Crippen LogP contribution in [0.4, 0.5) is 0 Å². The molecule has 1 unspecified atom stereocenters. The van der Waals surface area contributed by atoms with Gasteiger partial charge in [-0.2, -0.15) is 10.2 Å². The second kappa shape index (κ2) is 8.12. The fourth-order valence-electron chi connectivity index (χ4n) is 4.12. The van der Waals surface area contributed by atoms with Crippen molar-refractivity contribution in [2.24, 2.45) is 13.0 Å². The zero-order chi connectivity index (χ0) is 21.5. The highest BCUT2D eigenvalue weighted by Gasteiger charge is 2.28. The molecular weight excluding hydrogens is 476 g/mol. The molecule has 0 fully saturated rings. The molecule has 3 aromatic heterocycles. The molecule has 0 amide bonds. The summed E-state index contributed by atoms with van der Waals surface area (Å²) in [7, 11) is 1.81. The van der Waals surface area contributed by atoms with Gasteiger partial charge in [-0.05, 0) is 35.2 Å². The second-order valence-electron chi connectivity index (χ2n) is 7.81. The Bertz CT molecular complexity index is 1260. The fraction of sp³-hybridized carbons (Fsp3) is 0.318. The van der Waals surface area contributed by atoms with Gasteiger partial charge in [0.25, 0.3) is 0 Å². The predicted molar refractivity (Wildman–Crippen MR) is 123 cm³/mol. The number of fused-ring (bicyclic) bond motifs is 1. The highest BCUT2D eigenvalue weighted by atomic mass is 79.9. The molecule has 1 aliphatic heterocycles. The minimum Gasteiger partial charge on any atom is -0.292 e. The van der Waals surface area contributed by atoms with Gasteiger partial charge in [-0.25, -0.2) is 14.6 Å². The minimum absolute atomic E-state index is 0.0915. The lowest BCUT2D eigenvalue weighted by Crippen LogP contribution is -2.23. The number of hydrogen-bond donors (Lipinski definition) is 0. The first kappa shape index (κ1) is 20.3. The van der Waals surface area contributed by atoms with Crippen LogP contribution in [0.15, 0.2) is 40.3 Å². The smallest absolute Gasteiger partial charge is 0.181 e. The molecule has 0 spiro atoms. The Balaban J connectivity index is 1.36. The molecule has 1 atom stereocenters. The summed E-state index contributed by atoms with van der Waals surface area (Å²) in [4.78, 5) is 22.6. The van der Waals surface area contributed by atoms with E-state index in [-0.39, 0.29) is 11.7 Å². The average molecular weight is 497 g/mol. The van der Waals surface area contributed by atoms with Crippen LogP contribution in [0.25, 0.3) is 22.6 Å². The van der Waals surface area contributed by atoms with Gasteiger partial charge in [0, 0.05) is 32.0 Å². The van der Waals surface area contributed by atoms with Crippen molar-refractivity contribution in [3.05, 3.63) is 56.8 Å². The number of halogens is 1. The number of benzene rings is 1. The highest BCUT2D eigenvalue weighted by Crippen LogP contribution is 2.35. The Morgan fingerprint density at radius 3 is 2.81 bits per heavy atom. The van der Waals surface area contributed by atoms with Gasteiger partial charge in [-0.15, -0.1) is 11.3 Å². The number of thiazole rings is 1. The molecular formula is C22H21BrN6OS. The van der Waals surface area contributed by atoms with Crippen molar-refractivity contribution in [2.45, 2.75) is 32.7 Å². The number of aryl methyl sites for hydroxylation is 3. The lowest BCUT2D eigenvalue weighted by atomic mass is 9.91. The maximum Gasteiger partial charge on any atom is 0.181 e. The summed E-state index contributed by atoms with van der Waals surface area (Å²) >= 11 is 5.14. The van der Waals surface area contributed by atoms with E-state index in [2.05, 4.69) is 31.1 Å². The Morgan fingerprint density at radius 2 is 2.06 bits per heavy atom. The summed E-state index contributed by atoms with van der Waals surface area (Å²) in [5.74, 6) is 2.02. The third-order valence-electron chi connectivity index (χ3n) is 5.63. The van der Waals surface area contributed by atoms with E-state index in [4.69, 9.17) is 4.98 Å². The van der Waals surface area contributed by atoms with E-state index in [0.717, 1.165) is 56.7 Å². The average Bonchev–Trinajstić information content (AvgIpc) is 3.44. The lowest BCUT2D eigenvalue weighted by Gasteiger charge is -2.21. The third kappa shape index (κ3) is 3.87. The molecule has 0 aliphatic carbocycles. The molecule has 1 aliphatic rings. The second-order valence-corrected chi connectivity index (χ2v) is 10.3. The Hall–Kier alpha value is -2.65. The van der Waals surface area contributed by atoms with Gasteiger partial charge in [-0.3, -0.25) is 9.48 Å². The molecule has 0 bridgehead atoms. The van der Waals surface area contributed by atoms with Gasteiger partial charge in [0.05, 0.1) is 26.2 Å². The summed E-state index contributed by atoms with van der Waals surface area (Å²) in [6.07, 6.45) is 3.85. The lowest BCUT2D eigenvalue weighted by molar-refractivity contribution is 0.0944. The van der Waals surface area contributed by atoms with Crippen molar-refractivity contribution in [3.63, 3.8) is 0 Å². The van der Waals surface area contributed by atoms with E-state index in [1.54, 1.807) is 22.2 Å². The predicted octanol–water partition coefficient (Wildman–Crippen LogP) is 4.71. The van der Waals surface area contributed by atoms with Crippen LogP contribution in [0.3, 0.4) is 0 Å². The van der Waals surface area contributed by atoms with Gasteiger partial charge in [0.15, 0.2) is 11.6 Å². The number of hydrogen-bond acceptors (Lipinski definition) is 6. The van der Waals surface area contributed by atoms with Crippen molar-refractivity contribution in [2.75, 3.05) is 0 Å². The molecule has 9 heteroatoms. The molecule has 0 N–H and O–H groups in total. The maximum atomic E-state index is 13.3. The van der Waals surface area contributed by atoms with E-state index in [1.807, 2.05) is 49.0 Å². The summed E-state index contributed by atoms with van der Waals surface area (Å²) < 4.78 is 4.57. The SMILES string of the molecule is Cc1nc(-c2cnn(C)c2C(=O)CC2CCn3nc(-c4ccccc4)nc3C2)c(Br)s1. The molecule has 4 heterocycles. The molecule has 0 radical (unpaired) electrons. The van der Waals surface area contributed by atoms with Crippen LogP contribution in [-0.2, 0) is 20.0 Å². The quantitative estimate of drug-likeness (QED) is 0.374. The molecule has 5 rings (SSSR count). The number of aromatic nitrogens is 6. The standard InChI is InChI=1S/C22H21BrN6OS/c1-13-25-19(21(23)31-13)16-12-24-28(2)20(16)17(30)10-14-8-9-29-18(11-14)26-22(27-29)15-6-4-3-5-7-15/h3-7,12,14H,8-11H2,1-2H3. The Morgan fingerprint density at radius 1 is 1.26 bits per heavy atom. The molecule has 4 aromatic rings. The largest absolute Gasteiger partial charge is 0.292 e. The van der Waals surface area contributed by atoms with E-state index in [9.17, 15) is 4.79 Å². The van der Waals surface area contributed by atoms with Crippen molar-refractivity contribution in [1.82, 2.24) is 29.5 Å². The Labute approximate surface area is 192 Å². The van der Waals surface area contributed by atoms with Crippen LogP contribution in [-0.4, -0.2) is 35.3 Å². The van der Waals surface area contributed by atoms with Crippen LogP contribution in [0.5, 0.6) is 0 Å². The number of carbonyl (C=O) groups is 1. The van der Waals surface area contributed by atoms with E-state index in [0.29, 0.717) is 12.1 Å². The van der Waals surface area contributed by atoms with Gasteiger partial charge < -0.3 is 0 Å². The molecule has 7 nitrogen and oxygen atoms in total. The third-order valence-corrected chi connectivity index (χ3v) is 7.25. The van der Waals surface area contributed by atoms with Crippen LogP contribution in [0.2, 0.25) is 0 Å². The van der Waals surface area contributed by atoms with E-state index in [1.165, 1.54) is 0 Å². The molecule has 1 aromatic carbocycles. The first-order chi connectivity index (χ1) is 15.0. The minimum atomic E-state index is 0.0915. The number of Topliss-reactive ketones (excluding diaryl/α,β-unsaturated/α-hetero) is 1. The number of carbonyl (C=O) groups excluding carboxylic acids is 1. The van der Waals surface area contributed by atoms with Gasteiger partial charge in [-0.1, -0.05) is 30.3 Å². The van der Waals surface area contributed by atoms with Gasteiger partial charge in [0.2, 0.25) is 0 Å². The zero-order valence-electron chi connectivity index (χ0n) is 17.2. The number of rotatable bonds is 5. The summed E-state index contributed by atoms with van der Waals surface area (Å²) in [5.41, 5.74) is 3.20. The van der Waals surface area contributed by atoms with E-state index < -0.39 is 0 Å². The van der Waals surface area contributed by atoms with Crippen LogP contribution in [0.1, 0.15) is 34.2 Å². The van der Waals surface area contributed by atoms with Crippen LogP contribution >= 0.6 is 27.3 Å². The molecule has 0 saturated heterocycles. The molecule has 158 valence electrons. The molecule has 31 heavy (non-hydrogen) atoms. The van der Waals surface area contributed by atoms with Gasteiger partial charge >= 0.3 is 0 Å². The van der Waals surface area contributed by atoms with Crippen LogP contribution in [0, 0.1) is 12.8 Å². The first-order valence-electron chi connectivity index (χ1n) is 10.2. The summed E-state index contributed by atoms with van der Waals surface area (Å²) in [6, 6.07) is 10.0. The zero-order valence-corrected chi connectivity index (χ0v) is 19.7. The number of nitrogens with zero attached hydrogens (tertiary/aromatic N) is 6. The van der Waals surface area contributed by atoms with E-state index >= 15 is 0 Å². The first-order valence-corrected chi connectivity index (χ1v) is 11.8. The normalized spacial score (nSPS) is 15.8. The van der Waals surface area contributed by atoms with Crippen molar-refractivity contribution in [1.29, 1.82) is 0 Å². The van der Waals surface area contributed by atoms with Crippen LogP contribution < -0.4 is 0 Å². The van der Waals surface area contributed by atoms with Gasteiger partial charge in [0.1, 0.15) is 11.5 Å². The molecule has 0 saturated carbocycles. The monoisotopic (exact) mass is 496 g/mol. The van der Waals surface area contributed by atoms with Crippen molar-refractivity contribution < 1.29 is 4.79 Å². The maximum absolute atomic E-state index is 13.3. The van der Waals surface area contributed by atoms with Crippen molar-refractivity contribution in [3.8, 4) is 22.6 Å². The Kier molecular flexibility index (Phi) is 5.31. The number of ketones is 1. The fourth-order valence-corrected chi connectivity index (χ4v) is 5.78. The summed E-state index contributed by atoms with van der Waals surface area (Å²) in [6.45, 7) is 2.74. The topological polar surface area (TPSA) is 78.5 Å². The summed E-state index contributed by atoms with van der Waals surface area (Å²) in [5, 5.41) is 9.95. The van der Waals surface area contributed by atoms with Crippen molar-refractivity contribution >= 4 is 33.0 Å².